The van der Waals surface area contributed by atoms with Crippen LogP contribution in [0, 0.1) is 0 Å². The average molecular weight is 540 g/mol. The van der Waals surface area contributed by atoms with E-state index >= 15 is 0 Å². The first-order valence-electron chi connectivity index (χ1n) is 13.6. The number of ether oxygens (including phenoxy) is 2. The van der Waals surface area contributed by atoms with Crippen LogP contribution >= 0.6 is 11.6 Å². The van der Waals surface area contributed by atoms with Crippen LogP contribution in [-0.2, 0) is 0 Å². The van der Waals surface area contributed by atoms with Gasteiger partial charge in [0, 0.05) is 31.9 Å². The van der Waals surface area contributed by atoms with Gasteiger partial charge in [-0.2, -0.15) is 9.97 Å². The van der Waals surface area contributed by atoms with E-state index in [4.69, 9.17) is 21.1 Å². The molecule has 6 rings (SSSR count). The monoisotopic (exact) mass is 539 g/mol. The SMILES string of the molecule is CCNc1nc(Nc2ccc(C(=O)N3CCC(N4CCCCC4)CC3)c3c2OCCO3)nc2[nH]cc(Cl)c12. The maximum Gasteiger partial charge on any atom is 0.257 e. The third-order valence-corrected chi connectivity index (χ3v) is 7.95. The molecule has 1 aromatic carbocycles. The highest BCUT2D eigenvalue weighted by molar-refractivity contribution is 6.36. The van der Waals surface area contributed by atoms with Crippen LogP contribution in [0.25, 0.3) is 11.0 Å². The van der Waals surface area contributed by atoms with Crippen molar-refractivity contribution in [1.82, 2.24) is 24.8 Å². The maximum atomic E-state index is 13.6. The van der Waals surface area contributed by atoms with Gasteiger partial charge < -0.3 is 34.9 Å². The number of likely N-dealkylation sites (tertiary alicyclic amines) is 2. The number of anilines is 3. The quantitative estimate of drug-likeness (QED) is 0.415. The van der Waals surface area contributed by atoms with Gasteiger partial charge in [0.05, 0.1) is 21.7 Å². The molecule has 0 aliphatic carbocycles. The van der Waals surface area contributed by atoms with Crippen LogP contribution in [0.3, 0.4) is 0 Å². The summed E-state index contributed by atoms with van der Waals surface area (Å²) in [4.78, 5) is 30.5. The number of aromatic amines is 1. The minimum Gasteiger partial charge on any atom is -0.485 e. The number of nitrogens with zero attached hydrogens (tertiary/aromatic N) is 4. The topological polar surface area (TPSA) is 108 Å². The Morgan fingerprint density at radius 2 is 1.84 bits per heavy atom. The van der Waals surface area contributed by atoms with Crippen molar-refractivity contribution in [3.63, 3.8) is 0 Å². The van der Waals surface area contributed by atoms with Crippen molar-refractivity contribution in [2.75, 3.05) is 56.6 Å². The average Bonchev–Trinajstić information content (AvgIpc) is 3.34. The number of benzene rings is 1. The normalized spacial score (nSPS) is 18.5. The largest absolute Gasteiger partial charge is 0.485 e. The molecule has 11 heteroatoms. The molecule has 3 aliphatic heterocycles. The fourth-order valence-electron chi connectivity index (χ4n) is 5.76. The molecule has 3 aliphatic rings. The second-order valence-corrected chi connectivity index (χ2v) is 10.5. The van der Waals surface area contributed by atoms with Gasteiger partial charge in [0.15, 0.2) is 11.5 Å². The van der Waals surface area contributed by atoms with E-state index in [-0.39, 0.29) is 5.91 Å². The first-order valence-corrected chi connectivity index (χ1v) is 14.0. The molecule has 0 radical (unpaired) electrons. The molecule has 202 valence electrons. The van der Waals surface area contributed by atoms with Crippen LogP contribution in [-0.4, -0.2) is 82.6 Å². The molecular formula is C27H34ClN7O3. The standard InChI is InChI=1S/C27H34ClN7O3/c1-2-29-24-21-19(28)16-30-25(21)33-27(32-24)31-20-7-6-18(22-23(20)38-15-14-37-22)26(36)35-12-8-17(9-13-35)34-10-4-3-5-11-34/h6-7,16-17H,2-5,8-15H2,1H3,(H3,29,30,31,32,33). The molecule has 2 aromatic heterocycles. The number of hydrogen-bond acceptors (Lipinski definition) is 8. The Kier molecular flexibility index (Phi) is 7.16. The molecule has 1 amide bonds. The molecule has 2 fully saturated rings. The van der Waals surface area contributed by atoms with Gasteiger partial charge in [0.25, 0.3) is 5.91 Å². The van der Waals surface area contributed by atoms with Crippen LogP contribution in [0.1, 0.15) is 49.4 Å². The van der Waals surface area contributed by atoms with E-state index in [2.05, 4.69) is 30.5 Å². The lowest BCUT2D eigenvalue weighted by Crippen LogP contribution is -2.48. The third-order valence-electron chi connectivity index (χ3n) is 7.65. The number of amides is 1. The molecule has 3 N–H and O–H groups in total. The minimum atomic E-state index is -0.0106. The highest BCUT2D eigenvalue weighted by atomic mass is 35.5. The molecule has 38 heavy (non-hydrogen) atoms. The summed E-state index contributed by atoms with van der Waals surface area (Å²) in [5.74, 6) is 1.98. The van der Waals surface area contributed by atoms with Crippen LogP contribution < -0.4 is 20.1 Å². The van der Waals surface area contributed by atoms with Crippen LogP contribution in [0.2, 0.25) is 5.02 Å². The van der Waals surface area contributed by atoms with Gasteiger partial charge in [0.1, 0.15) is 24.7 Å². The van der Waals surface area contributed by atoms with Gasteiger partial charge in [-0.05, 0) is 57.8 Å². The van der Waals surface area contributed by atoms with Gasteiger partial charge >= 0.3 is 0 Å². The van der Waals surface area contributed by atoms with Gasteiger partial charge in [-0.3, -0.25) is 4.79 Å². The maximum absolute atomic E-state index is 13.6. The highest BCUT2D eigenvalue weighted by Crippen LogP contribution is 2.42. The molecule has 0 saturated carbocycles. The summed E-state index contributed by atoms with van der Waals surface area (Å²) in [6, 6.07) is 4.23. The second-order valence-electron chi connectivity index (χ2n) is 10.0. The summed E-state index contributed by atoms with van der Waals surface area (Å²) >= 11 is 6.33. The fourth-order valence-corrected chi connectivity index (χ4v) is 5.99. The van der Waals surface area contributed by atoms with Crippen LogP contribution in [0.4, 0.5) is 17.5 Å². The minimum absolute atomic E-state index is 0.0106. The third kappa shape index (κ3) is 4.82. The first kappa shape index (κ1) is 25.1. The van der Waals surface area contributed by atoms with E-state index in [0.717, 1.165) is 31.3 Å². The summed E-state index contributed by atoms with van der Waals surface area (Å²) in [6.45, 7) is 7.37. The van der Waals surface area contributed by atoms with E-state index in [1.807, 2.05) is 24.0 Å². The second kappa shape index (κ2) is 10.9. The summed E-state index contributed by atoms with van der Waals surface area (Å²) in [5, 5.41) is 7.80. The highest BCUT2D eigenvalue weighted by Gasteiger charge is 2.31. The molecule has 0 spiro atoms. The molecular weight excluding hydrogens is 506 g/mol. The number of piperidine rings is 2. The summed E-state index contributed by atoms with van der Waals surface area (Å²) < 4.78 is 12.0. The van der Waals surface area contributed by atoms with Crippen molar-refractivity contribution < 1.29 is 14.3 Å². The number of aromatic nitrogens is 3. The predicted octanol–water partition coefficient (Wildman–Crippen LogP) is 4.65. The van der Waals surface area contributed by atoms with E-state index in [9.17, 15) is 4.79 Å². The van der Waals surface area contributed by atoms with Gasteiger partial charge in [-0.1, -0.05) is 18.0 Å². The molecule has 2 saturated heterocycles. The number of fused-ring (bicyclic) bond motifs is 2. The summed E-state index contributed by atoms with van der Waals surface area (Å²) in [5.41, 5.74) is 1.79. The van der Waals surface area contributed by atoms with E-state index < -0.39 is 0 Å². The number of carbonyl (C=O) groups is 1. The van der Waals surface area contributed by atoms with E-state index in [1.165, 1.54) is 32.4 Å². The molecule has 0 unspecified atom stereocenters. The Labute approximate surface area is 227 Å². The number of carbonyl (C=O) groups excluding carboxylic acids is 1. The van der Waals surface area contributed by atoms with Crippen LogP contribution in [0.5, 0.6) is 11.5 Å². The number of halogens is 1. The van der Waals surface area contributed by atoms with Crippen LogP contribution in [0.15, 0.2) is 18.3 Å². The molecule has 0 bridgehead atoms. The lowest BCUT2D eigenvalue weighted by Gasteiger charge is -2.40. The fraction of sp³-hybridized carbons (Fsp3) is 0.519. The molecule has 10 nitrogen and oxygen atoms in total. The number of nitrogens with one attached hydrogen (secondary N) is 3. The van der Waals surface area contributed by atoms with Crippen molar-refractivity contribution in [3.8, 4) is 11.5 Å². The lowest BCUT2D eigenvalue weighted by molar-refractivity contribution is 0.0582. The van der Waals surface area contributed by atoms with E-state index in [1.54, 1.807) is 6.20 Å². The Hall–Kier alpha value is -3.24. The molecule has 5 heterocycles. The molecule has 0 atom stereocenters. The Bertz CT molecular complexity index is 1320. The van der Waals surface area contributed by atoms with Gasteiger partial charge in [0.2, 0.25) is 5.95 Å². The lowest BCUT2D eigenvalue weighted by atomic mass is 9.99. The van der Waals surface area contributed by atoms with Crippen molar-refractivity contribution >= 4 is 46.0 Å². The van der Waals surface area contributed by atoms with Crippen molar-refractivity contribution in [2.45, 2.75) is 45.1 Å². The van der Waals surface area contributed by atoms with Crippen molar-refractivity contribution in [3.05, 3.63) is 28.9 Å². The number of hydrogen-bond donors (Lipinski definition) is 3. The van der Waals surface area contributed by atoms with Crippen molar-refractivity contribution in [2.24, 2.45) is 0 Å². The molecule has 3 aromatic rings. The number of rotatable bonds is 6. The zero-order chi connectivity index (χ0) is 26.1. The Morgan fingerprint density at radius 3 is 2.61 bits per heavy atom. The zero-order valence-corrected chi connectivity index (χ0v) is 22.4. The van der Waals surface area contributed by atoms with Gasteiger partial charge in [-0.25, -0.2) is 0 Å². The first-order chi connectivity index (χ1) is 18.6. The predicted molar refractivity (Wildman–Crippen MR) is 148 cm³/mol. The Morgan fingerprint density at radius 1 is 1.08 bits per heavy atom. The smallest absolute Gasteiger partial charge is 0.257 e. The van der Waals surface area contributed by atoms with Gasteiger partial charge in [-0.15, -0.1) is 0 Å². The summed E-state index contributed by atoms with van der Waals surface area (Å²) in [7, 11) is 0. The summed E-state index contributed by atoms with van der Waals surface area (Å²) in [6.07, 6.45) is 7.64. The number of H-pyrrole nitrogens is 1. The zero-order valence-electron chi connectivity index (χ0n) is 21.7. The Balaban J connectivity index is 1.22. The van der Waals surface area contributed by atoms with Crippen molar-refractivity contribution in [1.29, 1.82) is 0 Å². The van der Waals surface area contributed by atoms with E-state index in [0.29, 0.717) is 71.0 Å².